The molecule has 1 amide bonds. The number of nitrogens with one attached hydrogen (secondary N) is 1. The molecule has 7 nitrogen and oxygen atoms in total. The summed E-state index contributed by atoms with van der Waals surface area (Å²) < 4.78 is 16.6. The number of hydrogen-bond acceptors (Lipinski definition) is 6. The molecule has 2 heterocycles. The molecule has 3 aromatic rings. The van der Waals surface area contributed by atoms with Crippen molar-refractivity contribution in [3.63, 3.8) is 0 Å². The van der Waals surface area contributed by atoms with Gasteiger partial charge in [0.15, 0.2) is 18.1 Å². The van der Waals surface area contributed by atoms with E-state index in [1.165, 1.54) is 6.42 Å². The summed E-state index contributed by atoms with van der Waals surface area (Å²) in [5.41, 5.74) is 5.00. The average molecular weight is 527 g/mol. The van der Waals surface area contributed by atoms with E-state index < -0.39 is 5.97 Å². The molecular weight excluding hydrogens is 492 g/mol. The van der Waals surface area contributed by atoms with E-state index in [1.54, 1.807) is 0 Å². The van der Waals surface area contributed by atoms with Crippen molar-refractivity contribution in [2.45, 2.75) is 58.4 Å². The zero-order valence-electron chi connectivity index (χ0n) is 22.5. The molecule has 3 aliphatic rings. The zero-order valence-corrected chi connectivity index (χ0v) is 22.5. The van der Waals surface area contributed by atoms with Crippen molar-refractivity contribution in [1.82, 2.24) is 10.3 Å². The molecular formula is C32H34N2O5. The van der Waals surface area contributed by atoms with Gasteiger partial charge < -0.3 is 19.5 Å². The number of rotatable bonds is 5. The number of ether oxygens (including phenoxy) is 3. The summed E-state index contributed by atoms with van der Waals surface area (Å²) in [7, 11) is 0. The molecule has 0 radical (unpaired) electrons. The summed E-state index contributed by atoms with van der Waals surface area (Å²) >= 11 is 0. The first-order valence-corrected chi connectivity index (χ1v) is 14.0. The highest BCUT2D eigenvalue weighted by Gasteiger charge is 2.29. The second-order valence-corrected chi connectivity index (χ2v) is 11.0. The van der Waals surface area contributed by atoms with E-state index in [9.17, 15) is 9.59 Å². The highest BCUT2D eigenvalue weighted by molar-refractivity contribution is 6.07. The maximum absolute atomic E-state index is 13.6. The molecule has 2 aromatic carbocycles. The second kappa shape index (κ2) is 10.7. The molecule has 1 aromatic heterocycles. The Bertz CT molecular complexity index is 1460. The summed E-state index contributed by atoms with van der Waals surface area (Å²) in [5, 5.41) is 3.85. The Balaban J connectivity index is 1.28. The number of para-hydroxylation sites is 1. The minimum absolute atomic E-state index is 0.123. The molecule has 7 heteroatoms. The number of hydrogen-bond donors (Lipinski definition) is 1. The molecule has 0 spiro atoms. The number of amides is 1. The van der Waals surface area contributed by atoms with Crippen molar-refractivity contribution in [1.29, 1.82) is 0 Å². The van der Waals surface area contributed by atoms with E-state index in [-0.39, 0.29) is 25.3 Å². The van der Waals surface area contributed by atoms with Crippen LogP contribution in [0.15, 0.2) is 42.5 Å². The largest absolute Gasteiger partial charge is 0.454 e. The van der Waals surface area contributed by atoms with E-state index in [0.717, 1.165) is 76.9 Å². The van der Waals surface area contributed by atoms with Crippen LogP contribution in [0.1, 0.15) is 73.1 Å². The summed E-state index contributed by atoms with van der Waals surface area (Å²) in [6.07, 6.45) is 7.83. The van der Waals surface area contributed by atoms with Gasteiger partial charge in [-0.2, -0.15) is 0 Å². The van der Waals surface area contributed by atoms with Gasteiger partial charge in [0, 0.05) is 11.4 Å². The van der Waals surface area contributed by atoms with Gasteiger partial charge in [0.05, 0.1) is 16.8 Å². The highest BCUT2D eigenvalue weighted by Crippen LogP contribution is 2.38. The third-order valence-corrected chi connectivity index (χ3v) is 8.50. The fourth-order valence-corrected chi connectivity index (χ4v) is 6.15. The number of aromatic nitrogens is 1. The Kier molecular flexibility index (Phi) is 6.98. The van der Waals surface area contributed by atoms with Crippen molar-refractivity contribution in [2.75, 3.05) is 13.4 Å². The number of benzene rings is 2. The standard InChI is InChI=1S/C32H34N2O5/c1-19-7-5-12-25(20(19)2)33-29(35)17-37-32(36)30-23-9-3-4-11-26(23)34-31-22(8-6-10-24(30)31)15-21-13-14-27-28(16-21)39-18-38-27/h3-4,9,11,13-16,19-20,25H,5-8,10,12,17-18H2,1-2H3,(H,33,35)/b22-15-/t19-,20-,25+/m1/s1. The maximum atomic E-state index is 13.6. The van der Waals surface area contributed by atoms with Crippen molar-refractivity contribution in [3.8, 4) is 11.5 Å². The molecule has 3 atom stereocenters. The monoisotopic (exact) mass is 526 g/mol. The molecule has 1 saturated carbocycles. The van der Waals surface area contributed by atoms with E-state index in [4.69, 9.17) is 19.2 Å². The van der Waals surface area contributed by atoms with Crippen LogP contribution in [0.5, 0.6) is 11.5 Å². The van der Waals surface area contributed by atoms with Crippen molar-refractivity contribution in [2.24, 2.45) is 11.8 Å². The molecule has 1 N–H and O–H groups in total. The molecule has 0 bridgehead atoms. The minimum Gasteiger partial charge on any atom is -0.454 e. The Morgan fingerprint density at radius 3 is 2.79 bits per heavy atom. The summed E-state index contributed by atoms with van der Waals surface area (Å²) in [6, 6.07) is 13.6. The number of esters is 1. The van der Waals surface area contributed by atoms with E-state index in [1.807, 2.05) is 42.5 Å². The number of carbonyl (C=O) groups is 2. The van der Waals surface area contributed by atoms with Crippen LogP contribution in [0.4, 0.5) is 0 Å². The van der Waals surface area contributed by atoms with Crippen LogP contribution < -0.4 is 14.8 Å². The summed E-state index contributed by atoms with van der Waals surface area (Å²) in [6.45, 7) is 4.36. The molecule has 2 aliphatic carbocycles. The average Bonchev–Trinajstić information content (AvgIpc) is 3.41. The molecule has 0 unspecified atom stereocenters. The fourth-order valence-electron chi connectivity index (χ4n) is 6.15. The lowest BCUT2D eigenvalue weighted by Crippen LogP contribution is -2.45. The van der Waals surface area contributed by atoms with Gasteiger partial charge in [-0.05, 0) is 78.5 Å². The second-order valence-electron chi connectivity index (χ2n) is 11.0. The van der Waals surface area contributed by atoms with Gasteiger partial charge in [0.2, 0.25) is 6.79 Å². The highest BCUT2D eigenvalue weighted by atomic mass is 16.7. The van der Waals surface area contributed by atoms with Gasteiger partial charge in [-0.15, -0.1) is 0 Å². The number of pyridine rings is 1. The lowest BCUT2D eigenvalue weighted by molar-refractivity contribution is -0.125. The van der Waals surface area contributed by atoms with Crippen molar-refractivity contribution < 1.29 is 23.8 Å². The Hall–Kier alpha value is -3.87. The normalized spacial score (nSPS) is 22.9. The van der Waals surface area contributed by atoms with Crippen LogP contribution in [0.3, 0.4) is 0 Å². The first kappa shape index (κ1) is 25.4. The quantitative estimate of drug-likeness (QED) is 0.414. The maximum Gasteiger partial charge on any atom is 0.339 e. The SMILES string of the molecule is C[C@@H]1[C@H](C)CCC[C@@H]1NC(=O)COC(=O)c1c2c(nc3ccccc13)/C(=C\c1ccc3c(c1)OCO3)CCC2. The topological polar surface area (TPSA) is 86.8 Å². The van der Waals surface area contributed by atoms with Crippen molar-refractivity contribution >= 4 is 34.4 Å². The Morgan fingerprint density at radius 2 is 1.90 bits per heavy atom. The van der Waals surface area contributed by atoms with Crippen LogP contribution in [0.25, 0.3) is 22.6 Å². The van der Waals surface area contributed by atoms with Crippen molar-refractivity contribution in [3.05, 3.63) is 64.8 Å². The predicted molar refractivity (Wildman–Crippen MR) is 150 cm³/mol. The van der Waals surface area contributed by atoms with Gasteiger partial charge in [-0.1, -0.05) is 51.0 Å². The molecule has 1 fully saturated rings. The number of nitrogens with zero attached hydrogens (tertiary/aromatic N) is 1. The molecule has 6 rings (SSSR count). The van der Waals surface area contributed by atoms with Gasteiger partial charge >= 0.3 is 5.97 Å². The van der Waals surface area contributed by atoms with Gasteiger partial charge in [0.1, 0.15) is 0 Å². The van der Waals surface area contributed by atoms with Crippen LogP contribution in [-0.4, -0.2) is 36.3 Å². The van der Waals surface area contributed by atoms with Crippen LogP contribution >= 0.6 is 0 Å². The Morgan fingerprint density at radius 1 is 1.05 bits per heavy atom. The third kappa shape index (κ3) is 5.10. The van der Waals surface area contributed by atoms with Crippen LogP contribution in [0, 0.1) is 11.8 Å². The number of carbonyl (C=O) groups excluding carboxylic acids is 2. The van der Waals surface area contributed by atoms with E-state index >= 15 is 0 Å². The van der Waals surface area contributed by atoms with E-state index in [0.29, 0.717) is 17.4 Å². The molecule has 1 aliphatic heterocycles. The molecule has 39 heavy (non-hydrogen) atoms. The molecule has 0 saturated heterocycles. The Labute approximate surface area is 228 Å². The predicted octanol–water partition coefficient (Wildman–Crippen LogP) is 5.94. The van der Waals surface area contributed by atoms with Gasteiger partial charge in [-0.3, -0.25) is 4.79 Å². The summed E-state index contributed by atoms with van der Waals surface area (Å²) in [5.74, 6) is 1.73. The van der Waals surface area contributed by atoms with Gasteiger partial charge in [-0.25, -0.2) is 9.78 Å². The molecule has 202 valence electrons. The number of fused-ring (bicyclic) bond motifs is 3. The lowest BCUT2D eigenvalue weighted by Gasteiger charge is -2.34. The zero-order chi connectivity index (χ0) is 26.9. The lowest BCUT2D eigenvalue weighted by atomic mass is 9.78. The van der Waals surface area contributed by atoms with E-state index in [2.05, 4.69) is 25.2 Å². The third-order valence-electron chi connectivity index (χ3n) is 8.50. The van der Waals surface area contributed by atoms with Gasteiger partial charge in [0.25, 0.3) is 5.91 Å². The van der Waals surface area contributed by atoms with Crippen LogP contribution in [-0.2, 0) is 16.0 Å². The van der Waals surface area contributed by atoms with Crippen LogP contribution in [0.2, 0.25) is 0 Å². The smallest absolute Gasteiger partial charge is 0.339 e. The first-order valence-electron chi connectivity index (χ1n) is 14.0. The minimum atomic E-state index is -0.477. The first-order chi connectivity index (χ1) is 19.0. The number of allylic oxidation sites excluding steroid dienone is 1. The summed E-state index contributed by atoms with van der Waals surface area (Å²) in [4.78, 5) is 31.3. The fraction of sp³-hybridized carbons (Fsp3) is 0.406.